The van der Waals surface area contributed by atoms with Crippen LogP contribution in [0.3, 0.4) is 0 Å². The molecule has 0 radical (unpaired) electrons. The zero-order chi connectivity index (χ0) is 9.26. The summed E-state index contributed by atoms with van der Waals surface area (Å²) in [5, 5.41) is 0. The number of anilines is 2. The van der Waals surface area contributed by atoms with Crippen molar-refractivity contribution < 1.29 is 4.79 Å². The Morgan fingerprint density at radius 2 is 1.92 bits per heavy atom. The molecule has 1 aromatic carbocycles. The summed E-state index contributed by atoms with van der Waals surface area (Å²) in [6.07, 6.45) is 0.671. The number of carbonyl (C=O) groups excluding carboxylic acids is 1. The van der Waals surface area contributed by atoms with Gasteiger partial charge in [-0.1, -0.05) is 0 Å². The van der Waals surface area contributed by atoms with Gasteiger partial charge in [0.15, 0.2) is 5.78 Å². The van der Waals surface area contributed by atoms with E-state index < -0.39 is 0 Å². The van der Waals surface area contributed by atoms with Crippen LogP contribution in [0.1, 0.15) is 6.42 Å². The van der Waals surface area contributed by atoms with Crippen LogP contribution in [0.4, 0.5) is 11.4 Å². The molecule has 1 aliphatic rings. The number of nitrogen functional groups attached to an aromatic ring is 1. The third kappa shape index (κ3) is 1.64. The second-order valence-corrected chi connectivity index (χ2v) is 3.30. The molecule has 3 heteroatoms. The van der Waals surface area contributed by atoms with Gasteiger partial charge in [0.1, 0.15) is 0 Å². The highest BCUT2D eigenvalue weighted by Crippen LogP contribution is 2.19. The molecule has 1 heterocycles. The standard InChI is InChI=1S/C10H12N2O/c11-8-1-3-9(4-2-8)12-6-5-10(13)7-12/h1-4H,5-7,11H2. The lowest BCUT2D eigenvalue weighted by atomic mass is 10.2. The molecule has 3 nitrogen and oxygen atoms in total. The number of nitrogens with zero attached hydrogens (tertiary/aromatic N) is 1. The van der Waals surface area contributed by atoms with Gasteiger partial charge in [0.25, 0.3) is 0 Å². The Kier molecular flexibility index (Phi) is 1.93. The molecule has 0 unspecified atom stereocenters. The summed E-state index contributed by atoms with van der Waals surface area (Å²) < 4.78 is 0. The molecular weight excluding hydrogens is 164 g/mol. The molecular formula is C10H12N2O. The Hall–Kier alpha value is -1.51. The number of Topliss-reactive ketones (excluding diaryl/α,β-unsaturated/α-hetero) is 1. The second kappa shape index (κ2) is 3.09. The number of carbonyl (C=O) groups is 1. The van der Waals surface area contributed by atoms with Crippen LogP contribution in [0.15, 0.2) is 24.3 Å². The molecule has 1 saturated heterocycles. The maximum Gasteiger partial charge on any atom is 0.153 e. The van der Waals surface area contributed by atoms with E-state index in [2.05, 4.69) is 4.90 Å². The molecule has 0 bridgehead atoms. The van der Waals surface area contributed by atoms with Crippen molar-refractivity contribution in [3.63, 3.8) is 0 Å². The molecule has 0 aliphatic carbocycles. The van der Waals surface area contributed by atoms with Crippen molar-refractivity contribution in [3.05, 3.63) is 24.3 Å². The Balaban J connectivity index is 2.17. The molecule has 2 N–H and O–H groups in total. The quantitative estimate of drug-likeness (QED) is 0.650. The van der Waals surface area contributed by atoms with Gasteiger partial charge in [0.2, 0.25) is 0 Å². The molecule has 0 atom stereocenters. The fourth-order valence-electron chi connectivity index (χ4n) is 1.54. The van der Waals surface area contributed by atoms with Crippen molar-refractivity contribution in [2.45, 2.75) is 6.42 Å². The average molecular weight is 176 g/mol. The summed E-state index contributed by atoms with van der Waals surface area (Å²) in [5.41, 5.74) is 7.41. The van der Waals surface area contributed by atoms with Crippen LogP contribution >= 0.6 is 0 Å². The molecule has 1 fully saturated rings. The minimum Gasteiger partial charge on any atom is -0.399 e. The number of hydrogen-bond donors (Lipinski definition) is 1. The zero-order valence-electron chi connectivity index (χ0n) is 7.36. The number of rotatable bonds is 1. The first-order valence-electron chi connectivity index (χ1n) is 4.38. The average Bonchev–Trinajstić information content (AvgIpc) is 2.53. The minimum atomic E-state index is 0.317. The number of hydrogen-bond acceptors (Lipinski definition) is 3. The lowest BCUT2D eigenvalue weighted by molar-refractivity contribution is -0.116. The molecule has 0 amide bonds. The van der Waals surface area contributed by atoms with Gasteiger partial charge in [-0.2, -0.15) is 0 Å². The first-order chi connectivity index (χ1) is 6.25. The van der Waals surface area contributed by atoms with Crippen LogP contribution < -0.4 is 10.6 Å². The van der Waals surface area contributed by atoms with Gasteiger partial charge in [-0.05, 0) is 24.3 Å². The molecule has 0 aromatic heterocycles. The molecule has 0 saturated carbocycles. The summed E-state index contributed by atoms with van der Waals surface area (Å²) in [7, 11) is 0. The smallest absolute Gasteiger partial charge is 0.153 e. The third-order valence-electron chi connectivity index (χ3n) is 2.29. The third-order valence-corrected chi connectivity index (χ3v) is 2.29. The van der Waals surface area contributed by atoms with Gasteiger partial charge in [0.05, 0.1) is 6.54 Å². The van der Waals surface area contributed by atoms with E-state index in [4.69, 9.17) is 5.73 Å². The lowest BCUT2D eigenvalue weighted by Gasteiger charge is -2.16. The predicted molar refractivity (Wildman–Crippen MR) is 52.7 cm³/mol. The van der Waals surface area contributed by atoms with Gasteiger partial charge in [-0.25, -0.2) is 0 Å². The van der Waals surface area contributed by atoms with Crippen molar-refractivity contribution in [1.29, 1.82) is 0 Å². The maximum atomic E-state index is 11.0. The monoisotopic (exact) mass is 176 g/mol. The van der Waals surface area contributed by atoms with Crippen molar-refractivity contribution >= 4 is 17.2 Å². The minimum absolute atomic E-state index is 0.317. The number of benzene rings is 1. The lowest BCUT2D eigenvalue weighted by Crippen LogP contribution is -2.19. The highest BCUT2D eigenvalue weighted by atomic mass is 16.1. The largest absolute Gasteiger partial charge is 0.399 e. The Morgan fingerprint density at radius 1 is 1.23 bits per heavy atom. The Bertz CT molecular complexity index is 318. The summed E-state index contributed by atoms with van der Waals surface area (Å²) in [5.74, 6) is 0.317. The first-order valence-corrected chi connectivity index (χ1v) is 4.38. The SMILES string of the molecule is Nc1ccc(N2CCC(=O)C2)cc1. The fraction of sp³-hybridized carbons (Fsp3) is 0.300. The van der Waals surface area contributed by atoms with Gasteiger partial charge >= 0.3 is 0 Å². The summed E-state index contributed by atoms with van der Waals surface area (Å²) >= 11 is 0. The van der Waals surface area contributed by atoms with E-state index in [0.717, 1.165) is 17.9 Å². The Morgan fingerprint density at radius 3 is 2.46 bits per heavy atom. The molecule has 13 heavy (non-hydrogen) atoms. The maximum absolute atomic E-state index is 11.0. The highest BCUT2D eigenvalue weighted by Gasteiger charge is 2.18. The van der Waals surface area contributed by atoms with E-state index in [1.807, 2.05) is 24.3 Å². The number of nitrogens with two attached hydrogens (primary N) is 1. The van der Waals surface area contributed by atoms with E-state index in [9.17, 15) is 4.79 Å². The van der Waals surface area contributed by atoms with Crippen LogP contribution in [0.2, 0.25) is 0 Å². The van der Waals surface area contributed by atoms with E-state index >= 15 is 0 Å². The molecule has 2 rings (SSSR count). The van der Waals surface area contributed by atoms with Gasteiger partial charge in [-0.15, -0.1) is 0 Å². The van der Waals surface area contributed by atoms with Gasteiger partial charge in [-0.3, -0.25) is 4.79 Å². The van der Waals surface area contributed by atoms with E-state index in [1.165, 1.54) is 0 Å². The van der Waals surface area contributed by atoms with E-state index in [1.54, 1.807) is 0 Å². The molecule has 1 aromatic rings. The van der Waals surface area contributed by atoms with Crippen LogP contribution in [0.25, 0.3) is 0 Å². The number of ketones is 1. The summed E-state index contributed by atoms with van der Waals surface area (Å²) in [4.78, 5) is 13.1. The first kappa shape index (κ1) is 8.10. The van der Waals surface area contributed by atoms with Crippen molar-refractivity contribution in [2.24, 2.45) is 0 Å². The van der Waals surface area contributed by atoms with E-state index in [0.29, 0.717) is 18.7 Å². The van der Waals surface area contributed by atoms with Crippen LogP contribution in [-0.2, 0) is 4.79 Å². The van der Waals surface area contributed by atoms with Gasteiger partial charge in [0, 0.05) is 24.3 Å². The van der Waals surface area contributed by atoms with Crippen LogP contribution in [0, 0.1) is 0 Å². The normalized spacial score (nSPS) is 16.6. The molecule has 68 valence electrons. The summed E-state index contributed by atoms with van der Waals surface area (Å²) in [6.45, 7) is 1.38. The van der Waals surface area contributed by atoms with Crippen molar-refractivity contribution in [1.82, 2.24) is 0 Å². The fourth-order valence-corrected chi connectivity index (χ4v) is 1.54. The molecule has 0 spiro atoms. The predicted octanol–water partition coefficient (Wildman–Crippen LogP) is 1.05. The van der Waals surface area contributed by atoms with Crippen LogP contribution in [0.5, 0.6) is 0 Å². The second-order valence-electron chi connectivity index (χ2n) is 3.30. The van der Waals surface area contributed by atoms with Gasteiger partial charge < -0.3 is 10.6 Å². The molecule has 1 aliphatic heterocycles. The van der Waals surface area contributed by atoms with Crippen molar-refractivity contribution in [2.75, 3.05) is 23.7 Å². The Labute approximate surface area is 77.1 Å². The summed E-state index contributed by atoms with van der Waals surface area (Å²) in [6, 6.07) is 7.62. The topological polar surface area (TPSA) is 46.3 Å². The van der Waals surface area contributed by atoms with Crippen molar-refractivity contribution in [3.8, 4) is 0 Å². The van der Waals surface area contributed by atoms with E-state index in [-0.39, 0.29) is 0 Å². The highest BCUT2D eigenvalue weighted by molar-refractivity contribution is 5.87. The van der Waals surface area contributed by atoms with Crippen LogP contribution in [-0.4, -0.2) is 18.9 Å². The zero-order valence-corrected chi connectivity index (χ0v) is 7.36.